The van der Waals surface area contributed by atoms with Gasteiger partial charge in [0.2, 0.25) is 0 Å². The summed E-state index contributed by atoms with van der Waals surface area (Å²) in [4.78, 5) is 11.7. The minimum Gasteiger partial charge on any atom is -0.298 e. The van der Waals surface area contributed by atoms with Gasteiger partial charge in [0.15, 0.2) is 0 Å². The van der Waals surface area contributed by atoms with E-state index >= 15 is 0 Å². The van der Waals surface area contributed by atoms with Gasteiger partial charge in [0.1, 0.15) is 5.78 Å². The Morgan fingerprint density at radius 1 is 1.31 bits per heavy atom. The van der Waals surface area contributed by atoms with Gasteiger partial charge in [-0.3, -0.25) is 4.79 Å². The number of aryl methyl sites for hydroxylation is 1. The lowest BCUT2D eigenvalue weighted by Crippen LogP contribution is -2.14. The van der Waals surface area contributed by atoms with Gasteiger partial charge in [-0.2, -0.15) is 0 Å². The molecule has 0 aliphatic carbocycles. The van der Waals surface area contributed by atoms with Crippen molar-refractivity contribution in [3.8, 4) is 0 Å². The molecule has 0 radical (unpaired) electrons. The van der Waals surface area contributed by atoms with Gasteiger partial charge < -0.3 is 0 Å². The number of carbonyl (C=O) groups excluding carboxylic acids is 1. The summed E-state index contributed by atoms with van der Waals surface area (Å²) in [5.74, 6) is 0.919. The van der Waals surface area contributed by atoms with Crippen molar-refractivity contribution in [2.24, 2.45) is 0 Å². The number of hydrogen-bond donors (Lipinski definition) is 0. The first-order valence-corrected chi connectivity index (χ1v) is 6.56. The second-order valence-electron chi connectivity index (χ2n) is 5.11. The van der Waals surface area contributed by atoms with Gasteiger partial charge in [-0.15, -0.1) is 11.8 Å². The molecule has 2 heteroatoms. The molecular formula is C14H20OS. The van der Waals surface area contributed by atoms with E-state index in [0.717, 1.165) is 5.56 Å². The van der Waals surface area contributed by atoms with Gasteiger partial charge in [-0.05, 0) is 12.5 Å². The fourth-order valence-electron chi connectivity index (χ4n) is 1.40. The van der Waals surface area contributed by atoms with Crippen LogP contribution in [0.3, 0.4) is 0 Å². The molecule has 0 aliphatic rings. The number of carbonyl (C=O) groups is 1. The molecule has 0 aromatic heterocycles. The predicted octanol–water partition coefficient (Wildman–Crippen LogP) is 3.64. The van der Waals surface area contributed by atoms with E-state index < -0.39 is 0 Å². The second-order valence-corrected chi connectivity index (χ2v) is 6.91. The largest absolute Gasteiger partial charge is 0.298 e. The van der Waals surface area contributed by atoms with Crippen LogP contribution in [0.5, 0.6) is 0 Å². The smallest absolute Gasteiger partial charge is 0.147 e. The van der Waals surface area contributed by atoms with E-state index in [0.29, 0.717) is 18.0 Å². The van der Waals surface area contributed by atoms with Crippen molar-refractivity contribution in [3.05, 3.63) is 35.4 Å². The highest BCUT2D eigenvalue weighted by Gasteiger charge is 2.13. The lowest BCUT2D eigenvalue weighted by atomic mass is 10.1. The minimum absolute atomic E-state index is 0.169. The zero-order valence-electron chi connectivity index (χ0n) is 10.5. The molecule has 0 aliphatic heterocycles. The fraction of sp³-hybridized carbons (Fsp3) is 0.500. The zero-order valence-corrected chi connectivity index (χ0v) is 11.4. The van der Waals surface area contributed by atoms with E-state index in [9.17, 15) is 4.79 Å². The highest BCUT2D eigenvalue weighted by Crippen LogP contribution is 2.23. The van der Waals surface area contributed by atoms with Gasteiger partial charge in [-0.25, -0.2) is 0 Å². The Bertz CT molecular complexity index is 363. The van der Waals surface area contributed by atoms with Crippen LogP contribution in [-0.4, -0.2) is 16.3 Å². The normalized spacial score (nSPS) is 11.5. The Labute approximate surface area is 103 Å². The first-order valence-electron chi connectivity index (χ1n) is 5.58. The van der Waals surface area contributed by atoms with Crippen molar-refractivity contribution >= 4 is 17.5 Å². The number of benzene rings is 1. The summed E-state index contributed by atoms with van der Waals surface area (Å²) in [5.41, 5.74) is 2.34. The molecular weight excluding hydrogens is 216 g/mol. The summed E-state index contributed by atoms with van der Waals surface area (Å²) < 4.78 is 0.169. The maximum Gasteiger partial charge on any atom is 0.147 e. The topological polar surface area (TPSA) is 17.1 Å². The number of ketones is 1. The van der Waals surface area contributed by atoms with E-state index in [1.165, 1.54) is 5.56 Å². The molecule has 1 nitrogen and oxygen atoms in total. The summed E-state index contributed by atoms with van der Waals surface area (Å²) in [5, 5.41) is 0. The molecule has 0 saturated carbocycles. The monoisotopic (exact) mass is 236 g/mol. The Morgan fingerprint density at radius 2 is 2.00 bits per heavy atom. The molecule has 16 heavy (non-hydrogen) atoms. The first-order chi connectivity index (χ1) is 7.37. The average molecular weight is 236 g/mol. The van der Waals surface area contributed by atoms with Crippen LogP contribution in [0.2, 0.25) is 0 Å². The number of rotatable bonds is 4. The van der Waals surface area contributed by atoms with Crippen molar-refractivity contribution in [2.75, 3.05) is 5.75 Å². The highest BCUT2D eigenvalue weighted by atomic mass is 32.2. The summed E-state index contributed by atoms with van der Waals surface area (Å²) >= 11 is 1.72. The Morgan fingerprint density at radius 3 is 2.56 bits per heavy atom. The Hall–Kier alpha value is -0.760. The zero-order chi connectivity index (χ0) is 12.2. The van der Waals surface area contributed by atoms with E-state index in [2.05, 4.69) is 39.8 Å². The molecule has 88 valence electrons. The molecule has 0 fully saturated rings. The van der Waals surface area contributed by atoms with Crippen molar-refractivity contribution in [3.63, 3.8) is 0 Å². The van der Waals surface area contributed by atoms with Crippen molar-refractivity contribution < 1.29 is 4.79 Å². The molecule has 0 N–H and O–H groups in total. The van der Waals surface area contributed by atoms with Gasteiger partial charge in [0.25, 0.3) is 0 Å². The predicted molar refractivity (Wildman–Crippen MR) is 72.1 cm³/mol. The third kappa shape index (κ3) is 5.36. The lowest BCUT2D eigenvalue weighted by Gasteiger charge is -2.16. The third-order valence-electron chi connectivity index (χ3n) is 2.15. The molecule has 0 bridgehead atoms. The molecule has 0 amide bonds. The van der Waals surface area contributed by atoms with Gasteiger partial charge in [0, 0.05) is 11.2 Å². The maximum absolute atomic E-state index is 11.7. The van der Waals surface area contributed by atoms with Crippen LogP contribution < -0.4 is 0 Å². The van der Waals surface area contributed by atoms with Crippen LogP contribution in [0.25, 0.3) is 0 Å². The molecule has 1 aromatic rings. The van der Waals surface area contributed by atoms with Crippen LogP contribution >= 0.6 is 11.8 Å². The lowest BCUT2D eigenvalue weighted by molar-refractivity contribution is -0.116. The number of thioether (sulfide) groups is 1. The summed E-state index contributed by atoms with van der Waals surface area (Å²) in [6.07, 6.45) is 0.560. The quantitative estimate of drug-likeness (QED) is 0.794. The molecule has 0 heterocycles. The fourth-order valence-corrected chi connectivity index (χ4v) is 2.09. The van der Waals surface area contributed by atoms with Crippen LogP contribution in [-0.2, 0) is 11.2 Å². The molecule has 0 saturated heterocycles. The molecule has 1 rings (SSSR count). The number of hydrogen-bond acceptors (Lipinski definition) is 2. The Balaban J connectivity index is 2.46. The average Bonchev–Trinajstić information content (AvgIpc) is 2.14. The molecule has 1 aromatic carbocycles. The van der Waals surface area contributed by atoms with Crippen LogP contribution in [0.15, 0.2) is 24.3 Å². The van der Waals surface area contributed by atoms with Crippen LogP contribution in [0.4, 0.5) is 0 Å². The summed E-state index contributed by atoms with van der Waals surface area (Å²) in [6, 6.07) is 8.17. The van der Waals surface area contributed by atoms with Gasteiger partial charge >= 0.3 is 0 Å². The van der Waals surface area contributed by atoms with Crippen molar-refractivity contribution in [2.45, 2.75) is 38.9 Å². The third-order valence-corrected chi connectivity index (χ3v) is 3.48. The standard InChI is InChI=1S/C14H20OS/c1-11-6-5-7-12(8-11)9-13(15)10-16-14(2,3)4/h5-8H,9-10H2,1-4H3. The van der Waals surface area contributed by atoms with Crippen molar-refractivity contribution in [1.29, 1.82) is 0 Å². The Kier molecular flexibility index (Phi) is 4.60. The van der Waals surface area contributed by atoms with E-state index in [4.69, 9.17) is 0 Å². The SMILES string of the molecule is Cc1cccc(CC(=O)CSC(C)(C)C)c1. The molecule has 0 atom stereocenters. The number of Topliss-reactive ketones (excluding diaryl/α,β-unsaturated/α-hetero) is 1. The summed E-state index contributed by atoms with van der Waals surface area (Å²) in [7, 11) is 0. The first kappa shape index (κ1) is 13.3. The van der Waals surface area contributed by atoms with E-state index in [1.54, 1.807) is 11.8 Å². The van der Waals surface area contributed by atoms with Gasteiger partial charge in [-0.1, -0.05) is 50.6 Å². The second kappa shape index (κ2) is 5.53. The molecule has 0 unspecified atom stereocenters. The highest BCUT2D eigenvalue weighted by molar-refractivity contribution is 8.01. The summed E-state index contributed by atoms with van der Waals surface area (Å²) in [6.45, 7) is 8.46. The van der Waals surface area contributed by atoms with Gasteiger partial charge in [0.05, 0.1) is 5.75 Å². The van der Waals surface area contributed by atoms with Crippen LogP contribution in [0.1, 0.15) is 31.9 Å². The van der Waals surface area contributed by atoms with Crippen LogP contribution in [0, 0.1) is 6.92 Å². The maximum atomic E-state index is 11.7. The molecule has 0 spiro atoms. The van der Waals surface area contributed by atoms with Crippen molar-refractivity contribution in [1.82, 2.24) is 0 Å². The van der Waals surface area contributed by atoms with E-state index in [1.807, 2.05) is 12.1 Å². The van der Waals surface area contributed by atoms with E-state index in [-0.39, 0.29) is 4.75 Å². The minimum atomic E-state index is 0.169.